The lowest BCUT2D eigenvalue weighted by atomic mass is 10.1. The number of hydrogen-bond donors (Lipinski definition) is 0. The normalized spacial score (nSPS) is 13.8. The SMILES string of the molecule is Cc1nc2c(cnn2C(C)C)cc1C(=O)N1CCc2ccccc21. The topological polar surface area (TPSA) is 51.0 Å². The third-order valence-electron chi connectivity index (χ3n) is 4.61. The Morgan fingerprint density at radius 1 is 1.25 bits per heavy atom. The third-order valence-corrected chi connectivity index (χ3v) is 4.61. The molecule has 0 N–H and O–H groups in total. The van der Waals surface area contributed by atoms with Gasteiger partial charge in [0.2, 0.25) is 0 Å². The maximum absolute atomic E-state index is 13.1. The largest absolute Gasteiger partial charge is 0.308 e. The fraction of sp³-hybridized carbons (Fsp3) is 0.316. The number of rotatable bonds is 2. The quantitative estimate of drug-likeness (QED) is 0.726. The molecule has 0 radical (unpaired) electrons. The van der Waals surface area contributed by atoms with Crippen molar-refractivity contribution < 1.29 is 4.79 Å². The van der Waals surface area contributed by atoms with Crippen LogP contribution in [0.15, 0.2) is 36.5 Å². The first-order chi connectivity index (χ1) is 11.6. The van der Waals surface area contributed by atoms with Crippen LogP contribution >= 0.6 is 0 Å². The van der Waals surface area contributed by atoms with Gasteiger partial charge in [0.25, 0.3) is 5.91 Å². The van der Waals surface area contributed by atoms with E-state index in [4.69, 9.17) is 0 Å². The molecule has 1 aliphatic heterocycles. The van der Waals surface area contributed by atoms with Crippen LogP contribution in [-0.2, 0) is 6.42 Å². The van der Waals surface area contributed by atoms with E-state index in [0.29, 0.717) is 5.56 Å². The fourth-order valence-corrected chi connectivity index (χ4v) is 3.35. The molecule has 0 bridgehead atoms. The van der Waals surface area contributed by atoms with Gasteiger partial charge in [0.15, 0.2) is 5.65 Å². The lowest BCUT2D eigenvalue weighted by Gasteiger charge is -2.18. The van der Waals surface area contributed by atoms with Crippen LogP contribution in [0.2, 0.25) is 0 Å². The highest BCUT2D eigenvalue weighted by atomic mass is 16.2. The van der Waals surface area contributed by atoms with Crippen molar-refractivity contribution >= 4 is 22.6 Å². The molecule has 5 nitrogen and oxygen atoms in total. The predicted molar refractivity (Wildman–Crippen MR) is 94.5 cm³/mol. The van der Waals surface area contributed by atoms with Crippen LogP contribution in [0.5, 0.6) is 0 Å². The number of nitrogens with zero attached hydrogens (tertiary/aromatic N) is 4. The molecule has 0 spiro atoms. The van der Waals surface area contributed by atoms with Crippen LogP contribution in [0, 0.1) is 6.92 Å². The number of carbonyl (C=O) groups excluding carboxylic acids is 1. The van der Waals surface area contributed by atoms with Gasteiger partial charge in [-0.1, -0.05) is 18.2 Å². The molecule has 0 saturated heterocycles. The molecular formula is C19H20N4O. The molecule has 1 amide bonds. The second-order valence-corrected chi connectivity index (χ2v) is 6.55. The van der Waals surface area contributed by atoms with Crippen molar-refractivity contribution in [3.63, 3.8) is 0 Å². The van der Waals surface area contributed by atoms with Gasteiger partial charge in [0, 0.05) is 23.7 Å². The standard InChI is InChI=1S/C19H20N4O/c1-12(2)23-18-15(11-20-23)10-16(13(3)21-18)19(24)22-9-8-14-6-4-5-7-17(14)22/h4-7,10-12H,8-9H2,1-3H3. The van der Waals surface area contributed by atoms with Gasteiger partial charge in [0.05, 0.1) is 17.5 Å². The molecule has 0 saturated carbocycles. The molecular weight excluding hydrogens is 300 g/mol. The number of carbonyl (C=O) groups is 1. The van der Waals surface area contributed by atoms with Crippen molar-refractivity contribution in [2.24, 2.45) is 0 Å². The van der Waals surface area contributed by atoms with Gasteiger partial charge in [-0.15, -0.1) is 0 Å². The van der Waals surface area contributed by atoms with Crippen LogP contribution in [0.1, 0.15) is 41.5 Å². The zero-order valence-corrected chi connectivity index (χ0v) is 14.2. The number of para-hydroxylation sites is 1. The summed E-state index contributed by atoms with van der Waals surface area (Å²) >= 11 is 0. The smallest absolute Gasteiger partial charge is 0.260 e. The van der Waals surface area contributed by atoms with Gasteiger partial charge in [-0.3, -0.25) is 4.79 Å². The Morgan fingerprint density at radius 3 is 2.83 bits per heavy atom. The van der Waals surface area contributed by atoms with E-state index < -0.39 is 0 Å². The molecule has 0 atom stereocenters. The molecule has 2 aromatic heterocycles. The zero-order chi connectivity index (χ0) is 16.8. The van der Waals surface area contributed by atoms with Crippen molar-refractivity contribution in [2.45, 2.75) is 33.2 Å². The van der Waals surface area contributed by atoms with Crippen LogP contribution in [0.25, 0.3) is 11.0 Å². The molecule has 1 aliphatic rings. The summed E-state index contributed by atoms with van der Waals surface area (Å²) in [5, 5.41) is 5.31. The number of benzene rings is 1. The average molecular weight is 320 g/mol. The number of anilines is 1. The van der Waals surface area contributed by atoms with Crippen LogP contribution in [-0.4, -0.2) is 27.2 Å². The first kappa shape index (κ1) is 14.9. The van der Waals surface area contributed by atoms with Gasteiger partial charge in [-0.05, 0) is 44.9 Å². The minimum absolute atomic E-state index is 0.0177. The number of hydrogen-bond acceptors (Lipinski definition) is 3. The van der Waals surface area contributed by atoms with E-state index in [2.05, 4.69) is 30.0 Å². The van der Waals surface area contributed by atoms with Crippen LogP contribution in [0.3, 0.4) is 0 Å². The Hall–Kier alpha value is -2.69. The maximum Gasteiger partial charge on any atom is 0.260 e. The summed E-state index contributed by atoms with van der Waals surface area (Å²) in [6.07, 6.45) is 2.69. The predicted octanol–water partition coefficient (Wildman–Crippen LogP) is 3.52. The van der Waals surface area contributed by atoms with E-state index in [1.54, 1.807) is 6.20 Å². The highest BCUT2D eigenvalue weighted by molar-refractivity contribution is 6.09. The highest BCUT2D eigenvalue weighted by Crippen LogP contribution is 2.30. The summed E-state index contributed by atoms with van der Waals surface area (Å²) in [6.45, 7) is 6.76. The Balaban J connectivity index is 1.77. The summed E-state index contributed by atoms with van der Waals surface area (Å²) in [4.78, 5) is 19.6. The molecule has 3 heterocycles. The van der Waals surface area contributed by atoms with Gasteiger partial charge in [-0.25, -0.2) is 9.67 Å². The second-order valence-electron chi connectivity index (χ2n) is 6.55. The molecule has 5 heteroatoms. The van der Waals surface area contributed by atoms with Crippen molar-refractivity contribution in [1.29, 1.82) is 0 Å². The average Bonchev–Trinajstić information content (AvgIpc) is 3.17. The van der Waals surface area contributed by atoms with Gasteiger partial charge < -0.3 is 4.90 Å². The Kier molecular flexibility index (Phi) is 3.37. The summed E-state index contributed by atoms with van der Waals surface area (Å²) in [5.74, 6) is 0.0177. The Labute approximate surface area is 140 Å². The second kappa shape index (κ2) is 5.44. The van der Waals surface area contributed by atoms with Crippen molar-refractivity contribution in [2.75, 3.05) is 11.4 Å². The number of fused-ring (bicyclic) bond motifs is 2. The van der Waals surface area contributed by atoms with E-state index in [1.807, 2.05) is 40.8 Å². The molecule has 0 unspecified atom stereocenters. The number of amides is 1. The van der Waals surface area contributed by atoms with Crippen molar-refractivity contribution in [1.82, 2.24) is 14.8 Å². The summed E-state index contributed by atoms with van der Waals surface area (Å²) in [6, 6.07) is 10.3. The van der Waals surface area contributed by atoms with E-state index >= 15 is 0 Å². The summed E-state index contributed by atoms with van der Waals surface area (Å²) in [7, 11) is 0. The number of pyridine rings is 1. The molecule has 0 fully saturated rings. The van der Waals surface area contributed by atoms with Crippen molar-refractivity contribution in [3.8, 4) is 0 Å². The monoisotopic (exact) mass is 320 g/mol. The minimum Gasteiger partial charge on any atom is -0.308 e. The molecule has 1 aromatic carbocycles. The van der Waals surface area contributed by atoms with E-state index in [0.717, 1.165) is 35.4 Å². The third kappa shape index (κ3) is 2.19. The van der Waals surface area contributed by atoms with Crippen molar-refractivity contribution in [3.05, 3.63) is 53.3 Å². The van der Waals surface area contributed by atoms with Crippen LogP contribution in [0.4, 0.5) is 5.69 Å². The van der Waals surface area contributed by atoms with Gasteiger partial charge in [-0.2, -0.15) is 5.10 Å². The minimum atomic E-state index is 0.0177. The Morgan fingerprint density at radius 2 is 2.04 bits per heavy atom. The van der Waals surface area contributed by atoms with Gasteiger partial charge in [0.1, 0.15) is 0 Å². The molecule has 24 heavy (non-hydrogen) atoms. The van der Waals surface area contributed by atoms with Crippen LogP contribution < -0.4 is 4.90 Å². The van der Waals surface area contributed by atoms with E-state index in [1.165, 1.54) is 5.56 Å². The number of aryl methyl sites for hydroxylation is 1. The Bertz CT molecular complexity index is 942. The summed E-state index contributed by atoms with van der Waals surface area (Å²) < 4.78 is 1.89. The highest BCUT2D eigenvalue weighted by Gasteiger charge is 2.27. The number of aromatic nitrogens is 3. The molecule has 122 valence electrons. The molecule has 0 aliphatic carbocycles. The molecule has 3 aromatic rings. The van der Waals surface area contributed by atoms with E-state index in [-0.39, 0.29) is 11.9 Å². The summed E-state index contributed by atoms with van der Waals surface area (Å²) in [5.41, 5.74) is 4.48. The molecule has 4 rings (SSSR count). The lowest BCUT2D eigenvalue weighted by molar-refractivity contribution is 0.0988. The fourth-order valence-electron chi connectivity index (χ4n) is 3.35. The maximum atomic E-state index is 13.1. The van der Waals surface area contributed by atoms with Gasteiger partial charge >= 0.3 is 0 Å². The van der Waals surface area contributed by atoms with E-state index in [9.17, 15) is 4.79 Å². The lowest BCUT2D eigenvalue weighted by Crippen LogP contribution is -2.29. The first-order valence-corrected chi connectivity index (χ1v) is 8.31. The first-order valence-electron chi connectivity index (χ1n) is 8.31. The zero-order valence-electron chi connectivity index (χ0n) is 14.2.